The smallest absolute Gasteiger partial charge is 0.325 e. The van der Waals surface area contributed by atoms with Crippen LogP contribution < -0.4 is 0 Å². The average molecular weight is 220 g/mol. The van der Waals surface area contributed by atoms with Crippen molar-refractivity contribution in [2.45, 2.75) is 39.7 Å². The normalized spacial score (nSPS) is 28.7. The van der Waals surface area contributed by atoms with E-state index in [2.05, 4.69) is 18.9 Å². The molecule has 0 aromatic carbocycles. The predicted octanol–water partition coefficient (Wildman–Crippen LogP) is 1.57. The van der Waals surface area contributed by atoms with Crippen LogP contribution in [0.4, 0.5) is 0 Å². The molecular formula is C12H16N2O2. The molecule has 4 nitrogen and oxygen atoms in total. The topological polar surface area (TPSA) is 55.1 Å². The van der Waals surface area contributed by atoms with Gasteiger partial charge in [0, 0.05) is 11.3 Å². The lowest BCUT2D eigenvalue weighted by molar-refractivity contribution is -0.137. The first-order chi connectivity index (χ1) is 7.43. The van der Waals surface area contributed by atoms with E-state index in [-0.39, 0.29) is 6.54 Å². The summed E-state index contributed by atoms with van der Waals surface area (Å²) in [6, 6.07) is 0. The van der Waals surface area contributed by atoms with Gasteiger partial charge in [0.1, 0.15) is 6.54 Å². The molecule has 2 aliphatic carbocycles. The lowest BCUT2D eigenvalue weighted by Gasteiger charge is -2.09. The van der Waals surface area contributed by atoms with Crippen molar-refractivity contribution < 1.29 is 9.90 Å². The summed E-state index contributed by atoms with van der Waals surface area (Å²) >= 11 is 0. The van der Waals surface area contributed by atoms with Crippen LogP contribution in [0.25, 0.3) is 0 Å². The van der Waals surface area contributed by atoms with Crippen molar-refractivity contribution >= 4 is 5.97 Å². The molecule has 4 heteroatoms. The number of carbonyl (C=O) groups is 1. The maximum Gasteiger partial charge on any atom is 0.325 e. The maximum absolute atomic E-state index is 10.7. The Labute approximate surface area is 94.3 Å². The van der Waals surface area contributed by atoms with Crippen LogP contribution in [0.5, 0.6) is 0 Å². The van der Waals surface area contributed by atoms with Gasteiger partial charge in [-0.3, -0.25) is 9.48 Å². The summed E-state index contributed by atoms with van der Waals surface area (Å²) < 4.78 is 1.68. The van der Waals surface area contributed by atoms with E-state index in [0.29, 0.717) is 17.3 Å². The average Bonchev–Trinajstić information content (AvgIpc) is 2.52. The number of carboxylic acid groups (broad SMARTS) is 1. The van der Waals surface area contributed by atoms with Gasteiger partial charge >= 0.3 is 5.97 Å². The van der Waals surface area contributed by atoms with Crippen molar-refractivity contribution in [3.8, 4) is 0 Å². The number of aromatic nitrogens is 2. The fraction of sp³-hybridized carbons (Fsp3) is 0.667. The summed E-state index contributed by atoms with van der Waals surface area (Å²) in [5.74, 6) is 0.509. The van der Waals surface area contributed by atoms with E-state index in [1.807, 2.05) is 6.92 Å². The molecule has 1 saturated carbocycles. The molecule has 1 fully saturated rings. The minimum Gasteiger partial charge on any atom is -0.480 e. The van der Waals surface area contributed by atoms with Crippen LogP contribution in [0.3, 0.4) is 0 Å². The molecule has 1 aromatic rings. The van der Waals surface area contributed by atoms with E-state index in [4.69, 9.17) is 5.11 Å². The number of aliphatic carboxylic acids is 1. The Morgan fingerprint density at radius 2 is 2.31 bits per heavy atom. The molecule has 0 amide bonds. The second-order valence-corrected chi connectivity index (χ2v) is 5.61. The first kappa shape index (κ1) is 9.87. The zero-order chi connectivity index (χ0) is 11.7. The minimum absolute atomic E-state index is 0.00393. The molecule has 0 radical (unpaired) electrons. The van der Waals surface area contributed by atoms with Gasteiger partial charge in [0.05, 0.1) is 5.69 Å². The van der Waals surface area contributed by atoms with Gasteiger partial charge in [0.15, 0.2) is 0 Å². The summed E-state index contributed by atoms with van der Waals surface area (Å²) in [4.78, 5) is 10.7. The first-order valence-corrected chi connectivity index (χ1v) is 5.71. The van der Waals surface area contributed by atoms with Gasteiger partial charge in [0.25, 0.3) is 0 Å². The maximum atomic E-state index is 10.7. The Balaban J connectivity index is 2.01. The van der Waals surface area contributed by atoms with Crippen LogP contribution in [0.15, 0.2) is 0 Å². The van der Waals surface area contributed by atoms with Gasteiger partial charge in [-0.1, -0.05) is 13.8 Å². The highest BCUT2D eigenvalue weighted by Crippen LogP contribution is 2.70. The van der Waals surface area contributed by atoms with Crippen LogP contribution in [-0.4, -0.2) is 20.9 Å². The highest BCUT2D eigenvalue weighted by molar-refractivity contribution is 5.66. The van der Waals surface area contributed by atoms with E-state index >= 15 is 0 Å². The van der Waals surface area contributed by atoms with Crippen LogP contribution in [-0.2, 0) is 17.8 Å². The molecule has 1 heterocycles. The second-order valence-electron chi connectivity index (χ2n) is 5.61. The number of hydrogen-bond acceptors (Lipinski definition) is 2. The van der Waals surface area contributed by atoms with Gasteiger partial charge < -0.3 is 5.11 Å². The lowest BCUT2D eigenvalue weighted by atomic mass is 9.98. The lowest BCUT2D eigenvalue weighted by Crippen LogP contribution is -2.14. The number of nitrogens with zero attached hydrogens (tertiary/aromatic N) is 2. The molecule has 2 aliphatic rings. The van der Waals surface area contributed by atoms with Crippen molar-refractivity contribution in [3.05, 3.63) is 17.0 Å². The summed E-state index contributed by atoms with van der Waals surface area (Å²) in [5.41, 5.74) is 3.91. The Morgan fingerprint density at radius 1 is 1.62 bits per heavy atom. The van der Waals surface area contributed by atoms with E-state index in [1.165, 1.54) is 5.56 Å². The molecule has 0 aliphatic heterocycles. The highest BCUT2D eigenvalue weighted by Gasteiger charge is 2.63. The van der Waals surface area contributed by atoms with Crippen molar-refractivity contribution in [2.24, 2.45) is 11.3 Å². The SMILES string of the molecule is Cc1nn(CC(=O)O)c2c1[C@@H]1[C@H](C2)C1(C)C. The highest BCUT2D eigenvalue weighted by atomic mass is 16.4. The minimum atomic E-state index is -0.815. The molecule has 0 bridgehead atoms. The first-order valence-electron chi connectivity index (χ1n) is 5.71. The van der Waals surface area contributed by atoms with Gasteiger partial charge in [0.2, 0.25) is 0 Å². The molecule has 0 saturated heterocycles. The summed E-state index contributed by atoms with van der Waals surface area (Å²) in [6.45, 7) is 6.57. The van der Waals surface area contributed by atoms with E-state index < -0.39 is 5.97 Å². The Hall–Kier alpha value is -1.32. The van der Waals surface area contributed by atoms with Gasteiger partial charge in [-0.2, -0.15) is 5.10 Å². The number of aryl methyl sites for hydroxylation is 1. The van der Waals surface area contributed by atoms with Gasteiger partial charge in [-0.15, -0.1) is 0 Å². The molecule has 1 N–H and O–H groups in total. The summed E-state index contributed by atoms with van der Waals surface area (Å²) in [6.07, 6.45) is 1.00. The van der Waals surface area contributed by atoms with Crippen molar-refractivity contribution in [1.29, 1.82) is 0 Å². The zero-order valence-electron chi connectivity index (χ0n) is 9.82. The monoisotopic (exact) mass is 220 g/mol. The second kappa shape index (κ2) is 2.67. The number of fused-ring (bicyclic) bond motifs is 3. The fourth-order valence-corrected chi connectivity index (χ4v) is 3.43. The quantitative estimate of drug-likeness (QED) is 0.823. The molecule has 0 unspecified atom stereocenters. The van der Waals surface area contributed by atoms with Crippen molar-refractivity contribution in [2.75, 3.05) is 0 Å². The summed E-state index contributed by atoms with van der Waals surface area (Å²) in [7, 11) is 0. The van der Waals surface area contributed by atoms with Crippen LogP contribution in [0.1, 0.15) is 36.7 Å². The Bertz CT molecular complexity index is 487. The van der Waals surface area contributed by atoms with Crippen LogP contribution in [0, 0.1) is 18.3 Å². The molecule has 86 valence electrons. The van der Waals surface area contributed by atoms with Gasteiger partial charge in [-0.25, -0.2) is 0 Å². The molecule has 1 aromatic heterocycles. The Morgan fingerprint density at radius 3 is 2.94 bits per heavy atom. The number of rotatable bonds is 2. The summed E-state index contributed by atoms with van der Waals surface area (Å²) in [5, 5.41) is 13.2. The third kappa shape index (κ3) is 1.05. The zero-order valence-corrected chi connectivity index (χ0v) is 9.82. The molecule has 3 rings (SSSR count). The largest absolute Gasteiger partial charge is 0.480 e. The predicted molar refractivity (Wildman–Crippen MR) is 58.3 cm³/mol. The number of hydrogen-bond donors (Lipinski definition) is 1. The molecule has 2 atom stereocenters. The Kier molecular flexibility index (Phi) is 1.65. The standard InChI is InChI=1S/C12H16N2O2/c1-6-10-8(14(13-6)5-9(15)16)4-7-11(10)12(7,2)3/h7,11H,4-5H2,1-3H3,(H,15,16)/t7-,11-/m0/s1. The fourth-order valence-electron chi connectivity index (χ4n) is 3.43. The van der Waals surface area contributed by atoms with Crippen LogP contribution >= 0.6 is 0 Å². The molecule has 0 spiro atoms. The van der Waals surface area contributed by atoms with E-state index in [0.717, 1.165) is 17.8 Å². The van der Waals surface area contributed by atoms with E-state index in [1.54, 1.807) is 4.68 Å². The molecule has 16 heavy (non-hydrogen) atoms. The van der Waals surface area contributed by atoms with Crippen molar-refractivity contribution in [1.82, 2.24) is 9.78 Å². The third-order valence-corrected chi connectivity index (χ3v) is 4.34. The number of carboxylic acids is 1. The van der Waals surface area contributed by atoms with Gasteiger partial charge in [-0.05, 0) is 30.6 Å². The van der Waals surface area contributed by atoms with Crippen LogP contribution in [0.2, 0.25) is 0 Å². The van der Waals surface area contributed by atoms with Crippen molar-refractivity contribution in [3.63, 3.8) is 0 Å². The molecular weight excluding hydrogens is 204 g/mol. The van der Waals surface area contributed by atoms with E-state index in [9.17, 15) is 4.79 Å². The third-order valence-electron chi connectivity index (χ3n) is 4.34.